The van der Waals surface area contributed by atoms with Crippen LogP contribution < -0.4 is 0 Å². The third kappa shape index (κ3) is 1.34. The largest absolute Gasteiger partial charge is 0.356 e. The molecule has 0 saturated heterocycles. The van der Waals surface area contributed by atoms with Crippen LogP contribution in [0.1, 0.15) is 18.4 Å². The van der Waals surface area contributed by atoms with E-state index in [1.54, 1.807) is 6.07 Å². The molecule has 2 rings (SSSR count). The predicted molar refractivity (Wildman–Crippen MR) is 48.0 cm³/mol. The summed E-state index contributed by atoms with van der Waals surface area (Å²) >= 11 is 0. The van der Waals surface area contributed by atoms with E-state index in [-0.39, 0.29) is 16.5 Å². The molecule has 0 spiro atoms. The molecule has 15 heavy (non-hydrogen) atoms. The van der Waals surface area contributed by atoms with Gasteiger partial charge in [0, 0.05) is 11.6 Å². The lowest BCUT2D eigenvalue weighted by Crippen LogP contribution is -1.99. The van der Waals surface area contributed by atoms with E-state index in [1.165, 1.54) is 6.92 Å². The molecule has 1 aromatic carbocycles. The van der Waals surface area contributed by atoms with Gasteiger partial charge in [-0.1, -0.05) is 5.16 Å². The molecule has 0 fully saturated rings. The average Bonchev–Trinajstić information content (AvgIpc) is 2.65. The van der Waals surface area contributed by atoms with Crippen molar-refractivity contribution in [2.24, 2.45) is 0 Å². The Hall–Kier alpha value is -1.96. The van der Waals surface area contributed by atoms with Gasteiger partial charge in [0.2, 0.25) is 0 Å². The summed E-state index contributed by atoms with van der Waals surface area (Å²) in [5.41, 5.74) is -0.202. The van der Waals surface area contributed by atoms with Crippen molar-refractivity contribution in [3.63, 3.8) is 0 Å². The molecular formula is C10H6F2N2O. The number of hydrogen-bond donors (Lipinski definition) is 0. The van der Waals surface area contributed by atoms with Crippen molar-refractivity contribution >= 4 is 11.0 Å². The Morgan fingerprint density at radius 2 is 2.27 bits per heavy atom. The Kier molecular flexibility index (Phi) is 2.12. The summed E-state index contributed by atoms with van der Waals surface area (Å²) in [4.78, 5) is 0. The van der Waals surface area contributed by atoms with Crippen LogP contribution in [0.15, 0.2) is 16.8 Å². The Morgan fingerprint density at radius 3 is 2.93 bits per heavy atom. The Bertz CT molecular complexity index is 556. The van der Waals surface area contributed by atoms with Gasteiger partial charge >= 0.3 is 0 Å². The number of hydrogen-bond acceptors (Lipinski definition) is 3. The van der Waals surface area contributed by atoms with Gasteiger partial charge in [-0.15, -0.1) is 0 Å². The maximum atomic E-state index is 13.7. The molecular weight excluding hydrogens is 202 g/mol. The maximum Gasteiger partial charge on any atom is 0.172 e. The van der Waals surface area contributed by atoms with E-state index < -0.39 is 17.6 Å². The number of aromatic nitrogens is 1. The number of nitrogens with zero attached hydrogens (tertiary/aromatic N) is 2. The van der Waals surface area contributed by atoms with Crippen molar-refractivity contribution in [2.45, 2.75) is 12.8 Å². The lowest BCUT2D eigenvalue weighted by atomic mass is 10.00. The van der Waals surface area contributed by atoms with Crippen LogP contribution in [-0.2, 0) is 0 Å². The number of fused-ring (bicyclic) bond motifs is 1. The lowest BCUT2D eigenvalue weighted by Gasteiger charge is -2.06. The molecule has 76 valence electrons. The zero-order chi connectivity index (χ0) is 11.0. The van der Waals surface area contributed by atoms with Gasteiger partial charge in [-0.05, 0) is 6.92 Å². The summed E-state index contributed by atoms with van der Waals surface area (Å²) in [7, 11) is 0. The highest BCUT2D eigenvalue weighted by Crippen LogP contribution is 2.28. The van der Waals surface area contributed by atoms with Gasteiger partial charge in [-0.25, -0.2) is 8.78 Å². The minimum atomic E-state index is -0.843. The van der Waals surface area contributed by atoms with Crippen molar-refractivity contribution < 1.29 is 13.3 Å². The molecule has 2 aromatic rings. The van der Waals surface area contributed by atoms with Crippen molar-refractivity contribution in [1.29, 1.82) is 5.26 Å². The van der Waals surface area contributed by atoms with Gasteiger partial charge in [-0.2, -0.15) is 5.26 Å². The van der Waals surface area contributed by atoms with E-state index >= 15 is 0 Å². The van der Waals surface area contributed by atoms with Crippen LogP contribution in [0.3, 0.4) is 0 Å². The minimum Gasteiger partial charge on any atom is -0.356 e. The van der Waals surface area contributed by atoms with Gasteiger partial charge < -0.3 is 4.52 Å². The first kappa shape index (κ1) is 9.59. The second-order valence-electron chi connectivity index (χ2n) is 3.17. The molecule has 1 heterocycles. The third-order valence-electron chi connectivity index (χ3n) is 2.21. The molecule has 0 saturated carbocycles. The van der Waals surface area contributed by atoms with Crippen LogP contribution in [0.2, 0.25) is 0 Å². The molecule has 0 aliphatic carbocycles. The molecule has 0 aliphatic heterocycles. The highest BCUT2D eigenvalue weighted by atomic mass is 19.1. The number of nitriles is 1. The van der Waals surface area contributed by atoms with Gasteiger partial charge in [0.05, 0.1) is 23.6 Å². The minimum absolute atomic E-state index is 0.0406. The summed E-state index contributed by atoms with van der Waals surface area (Å²) < 4.78 is 31.8. The van der Waals surface area contributed by atoms with Crippen LogP contribution in [0, 0.1) is 23.0 Å². The first-order valence-corrected chi connectivity index (χ1v) is 4.27. The summed E-state index contributed by atoms with van der Waals surface area (Å²) in [5.74, 6) is -2.41. The van der Waals surface area contributed by atoms with E-state index in [1.807, 2.05) is 0 Å². The summed E-state index contributed by atoms with van der Waals surface area (Å²) in [6, 6.07) is 2.83. The topological polar surface area (TPSA) is 49.8 Å². The Labute approximate surface area is 83.9 Å². The molecule has 0 N–H and O–H groups in total. The zero-order valence-electron chi connectivity index (χ0n) is 7.79. The highest BCUT2D eigenvalue weighted by Gasteiger charge is 2.20. The molecule has 3 nitrogen and oxygen atoms in total. The fourth-order valence-corrected chi connectivity index (χ4v) is 1.42. The van der Waals surface area contributed by atoms with Crippen LogP contribution >= 0.6 is 0 Å². The van der Waals surface area contributed by atoms with Crippen LogP contribution in [0.25, 0.3) is 11.0 Å². The molecule has 1 atom stereocenters. The smallest absolute Gasteiger partial charge is 0.172 e. The van der Waals surface area contributed by atoms with Crippen LogP contribution in [0.5, 0.6) is 0 Å². The number of rotatable bonds is 1. The molecule has 1 aromatic heterocycles. The standard InChI is InChI=1S/C10H6F2N2O/c1-5(3-13)9-7(11)2-8-6(10(9)12)4-14-15-8/h2,4-5H,1H3. The molecule has 0 bridgehead atoms. The van der Waals surface area contributed by atoms with Gasteiger partial charge in [0.15, 0.2) is 5.58 Å². The molecule has 1 unspecified atom stereocenters. The van der Waals surface area contributed by atoms with Gasteiger partial charge in [0.1, 0.15) is 11.6 Å². The summed E-state index contributed by atoms with van der Waals surface area (Å²) in [5, 5.41) is 12.1. The number of benzene rings is 1. The lowest BCUT2D eigenvalue weighted by molar-refractivity contribution is 0.453. The van der Waals surface area contributed by atoms with Gasteiger partial charge in [-0.3, -0.25) is 0 Å². The van der Waals surface area contributed by atoms with E-state index in [0.717, 1.165) is 12.3 Å². The quantitative estimate of drug-likeness (QED) is 0.723. The monoisotopic (exact) mass is 208 g/mol. The zero-order valence-corrected chi connectivity index (χ0v) is 7.79. The Balaban J connectivity index is 2.79. The van der Waals surface area contributed by atoms with E-state index in [0.29, 0.717) is 0 Å². The van der Waals surface area contributed by atoms with Crippen molar-refractivity contribution in [2.75, 3.05) is 0 Å². The molecule has 5 heteroatoms. The van der Waals surface area contributed by atoms with Crippen LogP contribution in [0.4, 0.5) is 8.78 Å². The van der Waals surface area contributed by atoms with Crippen molar-refractivity contribution in [3.05, 3.63) is 29.5 Å². The maximum absolute atomic E-state index is 13.7. The first-order valence-electron chi connectivity index (χ1n) is 4.27. The van der Waals surface area contributed by atoms with Crippen molar-refractivity contribution in [1.82, 2.24) is 5.16 Å². The van der Waals surface area contributed by atoms with Crippen LogP contribution in [-0.4, -0.2) is 5.16 Å². The van der Waals surface area contributed by atoms with Crippen molar-refractivity contribution in [3.8, 4) is 6.07 Å². The molecule has 0 radical (unpaired) electrons. The second-order valence-corrected chi connectivity index (χ2v) is 3.17. The molecule has 0 amide bonds. The first-order chi connectivity index (χ1) is 7.15. The molecule has 0 aliphatic rings. The van der Waals surface area contributed by atoms with E-state index in [4.69, 9.17) is 5.26 Å². The van der Waals surface area contributed by atoms with E-state index in [9.17, 15) is 8.78 Å². The second kappa shape index (κ2) is 3.31. The predicted octanol–water partition coefficient (Wildman–Crippen LogP) is 2.73. The average molecular weight is 208 g/mol. The fourth-order valence-electron chi connectivity index (χ4n) is 1.42. The Morgan fingerprint density at radius 1 is 1.53 bits per heavy atom. The van der Waals surface area contributed by atoms with E-state index in [2.05, 4.69) is 9.68 Å². The number of halogens is 2. The third-order valence-corrected chi connectivity index (χ3v) is 2.21. The SMILES string of the molecule is CC(C#N)c1c(F)cc2oncc2c1F. The summed E-state index contributed by atoms with van der Waals surface area (Å²) in [6.07, 6.45) is 1.16. The summed E-state index contributed by atoms with van der Waals surface area (Å²) in [6.45, 7) is 1.43. The highest BCUT2D eigenvalue weighted by molar-refractivity contribution is 5.78. The van der Waals surface area contributed by atoms with Gasteiger partial charge in [0.25, 0.3) is 0 Å². The normalized spacial score (nSPS) is 12.7. The fraction of sp³-hybridized carbons (Fsp3) is 0.200.